The molecule has 8 heteroatoms. The Morgan fingerprint density at radius 2 is 1.87 bits per heavy atom. The number of aromatic nitrogens is 4. The van der Waals surface area contributed by atoms with Crippen LogP contribution in [-0.4, -0.2) is 19.7 Å². The molecule has 122 valence electrons. The smallest absolute Gasteiger partial charge is 0.321 e. The van der Waals surface area contributed by atoms with Crippen molar-refractivity contribution in [1.82, 2.24) is 19.7 Å². The quantitative estimate of drug-likeness (QED) is 0.626. The van der Waals surface area contributed by atoms with Gasteiger partial charge >= 0.3 is 6.55 Å². The molecule has 3 rings (SSSR count). The molecule has 0 N–H and O–H groups in total. The molecule has 2 heterocycles. The molecule has 0 radical (unpaired) electrons. The topological polar surface area (TPSA) is 56.7 Å². The monoisotopic (exact) mass is 338 g/mol. The van der Waals surface area contributed by atoms with Crippen LogP contribution in [0.5, 0.6) is 0 Å². The summed E-state index contributed by atoms with van der Waals surface area (Å²) < 4.78 is 33.0. The predicted molar refractivity (Wildman–Crippen MR) is 83.6 cm³/mol. The third-order valence-electron chi connectivity index (χ3n) is 3.36. The van der Waals surface area contributed by atoms with E-state index >= 15 is 0 Å². The van der Waals surface area contributed by atoms with E-state index in [-0.39, 0.29) is 16.3 Å². The fraction of sp³-hybridized carbons (Fsp3) is 0.400. The SMILES string of the molecule is CC(C)c1noc([C@H](C)Sc2nc3ccccc3n2C(F)F)n1. The summed E-state index contributed by atoms with van der Waals surface area (Å²) in [5.74, 6) is 1.16. The number of rotatable bonds is 5. The first kappa shape index (κ1) is 15.9. The minimum atomic E-state index is -2.66. The minimum absolute atomic E-state index is 0.148. The molecule has 3 aromatic rings. The Balaban J connectivity index is 1.92. The van der Waals surface area contributed by atoms with E-state index in [0.717, 1.165) is 4.57 Å². The van der Waals surface area contributed by atoms with Crippen molar-refractivity contribution in [3.05, 3.63) is 36.0 Å². The number of alkyl halides is 2. The molecule has 0 aliphatic rings. The number of halogens is 2. The number of hydrogen-bond donors (Lipinski definition) is 0. The Hall–Kier alpha value is -1.96. The Morgan fingerprint density at radius 3 is 2.52 bits per heavy atom. The summed E-state index contributed by atoms with van der Waals surface area (Å²) in [6.07, 6.45) is 0. The lowest BCUT2D eigenvalue weighted by Crippen LogP contribution is -2.01. The molecular formula is C15H16F2N4OS. The number of imidazole rings is 1. The van der Waals surface area contributed by atoms with Crippen LogP contribution < -0.4 is 0 Å². The van der Waals surface area contributed by atoms with Crippen LogP contribution in [0.25, 0.3) is 11.0 Å². The third kappa shape index (κ3) is 3.08. The summed E-state index contributed by atoms with van der Waals surface area (Å²) >= 11 is 1.18. The summed E-state index contributed by atoms with van der Waals surface area (Å²) in [4.78, 5) is 8.61. The van der Waals surface area contributed by atoms with Crippen LogP contribution in [0.4, 0.5) is 8.78 Å². The first-order valence-corrected chi connectivity index (χ1v) is 8.10. The molecule has 1 atom stereocenters. The van der Waals surface area contributed by atoms with Crippen LogP contribution in [-0.2, 0) is 0 Å². The summed E-state index contributed by atoms with van der Waals surface area (Å²) in [5, 5.41) is 3.86. The van der Waals surface area contributed by atoms with Crippen molar-refractivity contribution in [3.8, 4) is 0 Å². The van der Waals surface area contributed by atoms with Gasteiger partial charge in [0.2, 0.25) is 5.89 Å². The standard InChI is InChI=1S/C15H16F2N4OS/c1-8(2)12-19-13(22-20-12)9(3)23-15-18-10-6-4-5-7-11(10)21(15)14(16)17/h4-9,14H,1-3H3/t9-/m0/s1. The van der Waals surface area contributed by atoms with Gasteiger partial charge in [-0.05, 0) is 19.1 Å². The molecule has 2 aromatic heterocycles. The van der Waals surface area contributed by atoms with Gasteiger partial charge in [-0.15, -0.1) is 0 Å². The van der Waals surface area contributed by atoms with E-state index in [1.165, 1.54) is 11.8 Å². The molecule has 1 aromatic carbocycles. The average molecular weight is 338 g/mol. The van der Waals surface area contributed by atoms with E-state index in [4.69, 9.17) is 4.52 Å². The van der Waals surface area contributed by atoms with Crippen molar-refractivity contribution < 1.29 is 13.3 Å². The van der Waals surface area contributed by atoms with Crippen LogP contribution >= 0.6 is 11.8 Å². The number of fused-ring (bicyclic) bond motifs is 1. The fourth-order valence-electron chi connectivity index (χ4n) is 2.15. The van der Waals surface area contributed by atoms with Crippen molar-refractivity contribution in [2.24, 2.45) is 0 Å². The van der Waals surface area contributed by atoms with E-state index in [0.29, 0.717) is 22.7 Å². The van der Waals surface area contributed by atoms with Gasteiger partial charge in [0.15, 0.2) is 11.0 Å². The Bertz CT molecular complexity index is 815. The lowest BCUT2D eigenvalue weighted by atomic mass is 10.2. The molecule has 0 unspecified atom stereocenters. The molecule has 0 spiro atoms. The first-order valence-electron chi connectivity index (χ1n) is 7.22. The number of benzene rings is 1. The average Bonchev–Trinajstić information content (AvgIpc) is 3.11. The lowest BCUT2D eigenvalue weighted by molar-refractivity contribution is 0.0656. The van der Waals surface area contributed by atoms with Gasteiger partial charge in [0, 0.05) is 5.92 Å². The second-order valence-corrected chi connectivity index (χ2v) is 6.74. The zero-order chi connectivity index (χ0) is 16.6. The lowest BCUT2D eigenvalue weighted by Gasteiger charge is -2.09. The Labute approximate surface area is 136 Å². The second-order valence-electron chi connectivity index (χ2n) is 5.44. The van der Waals surface area contributed by atoms with E-state index < -0.39 is 6.55 Å². The fourth-order valence-corrected chi connectivity index (χ4v) is 3.10. The molecular weight excluding hydrogens is 322 g/mol. The van der Waals surface area contributed by atoms with Gasteiger partial charge in [0.1, 0.15) is 0 Å². The number of para-hydroxylation sites is 2. The highest BCUT2D eigenvalue weighted by Gasteiger charge is 2.23. The molecule has 0 amide bonds. The van der Waals surface area contributed by atoms with Gasteiger partial charge in [-0.1, -0.05) is 42.9 Å². The summed E-state index contributed by atoms with van der Waals surface area (Å²) in [7, 11) is 0. The zero-order valence-electron chi connectivity index (χ0n) is 12.9. The number of hydrogen-bond acceptors (Lipinski definition) is 5. The third-order valence-corrected chi connectivity index (χ3v) is 4.42. The van der Waals surface area contributed by atoms with Gasteiger partial charge in [-0.25, -0.2) is 4.98 Å². The normalized spacial score (nSPS) is 13.3. The summed E-state index contributed by atoms with van der Waals surface area (Å²) in [5.41, 5.74) is 0.946. The maximum Gasteiger partial charge on any atom is 0.321 e. The largest absolute Gasteiger partial charge is 0.338 e. The highest BCUT2D eigenvalue weighted by Crippen LogP contribution is 2.37. The highest BCUT2D eigenvalue weighted by molar-refractivity contribution is 7.99. The molecule has 23 heavy (non-hydrogen) atoms. The molecule has 0 aliphatic carbocycles. The van der Waals surface area contributed by atoms with E-state index in [2.05, 4.69) is 15.1 Å². The minimum Gasteiger partial charge on any atom is -0.338 e. The molecule has 0 saturated heterocycles. The van der Waals surface area contributed by atoms with Crippen molar-refractivity contribution >= 4 is 22.8 Å². The predicted octanol–water partition coefficient (Wildman–Crippen LogP) is 4.79. The number of nitrogens with zero attached hydrogens (tertiary/aromatic N) is 4. The zero-order valence-corrected chi connectivity index (χ0v) is 13.7. The van der Waals surface area contributed by atoms with Crippen LogP contribution in [0, 0.1) is 0 Å². The van der Waals surface area contributed by atoms with Crippen molar-refractivity contribution in [2.75, 3.05) is 0 Å². The molecule has 5 nitrogen and oxygen atoms in total. The Morgan fingerprint density at radius 1 is 1.13 bits per heavy atom. The van der Waals surface area contributed by atoms with Crippen LogP contribution in [0.15, 0.2) is 33.9 Å². The highest BCUT2D eigenvalue weighted by atomic mass is 32.2. The van der Waals surface area contributed by atoms with Crippen LogP contribution in [0.1, 0.15) is 50.2 Å². The summed E-state index contributed by atoms with van der Waals surface area (Å²) in [6, 6.07) is 6.84. The van der Waals surface area contributed by atoms with Crippen molar-refractivity contribution in [1.29, 1.82) is 0 Å². The maximum absolute atomic E-state index is 13.4. The molecule has 0 saturated carbocycles. The second kappa shape index (κ2) is 6.27. The van der Waals surface area contributed by atoms with Crippen LogP contribution in [0.2, 0.25) is 0 Å². The van der Waals surface area contributed by atoms with Gasteiger partial charge in [-0.2, -0.15) is 13.8 Å². The molecule has 0 bridgehead atoms. The van der Waals surface area contributed by atoms with Gasteiger partial charge in [-0.3, -0.25) is 4.57 Å². The maximum atomic E-state index is 13.4. The van der Waals surface area contributed by atoms with Crippen molar-refractivity contribution in [2.45, 2.75) is 43.6 Å². The van der Waals surface area contributed by atoms with E-state index in [1.54, 1.807) is 24.3 Å². The van der Waals surface area contributed by atoms with E-state index in [1.807, 2.05) is 20.8 Å². The number of thioether (sulfide) groups is 1. The first-order chi connectivity index (χ1) is 11.0. The molecule has 0 aliphatic heterocycles. The van der Waals surface area contributed by atoms with Gasteiger partial charge in [0.25, 0.3) is 0 Å². The van der Waals surface area contributed by atoms with Crippen LogP contribution in [0.3, 0.4) is 0 Å². The Kier molecular flexibility index (Phi) is 4.34. The summed E-state index contributed by atoms with van der Waals surface area (Å²) in [6.45, 7) is 3.09. The van der Waals surface area contributed by atoms with Gasteiger partial charge in [0.05, 0.1) is 16.3 Å². The van der Waals surface area contributed by atoms with Crippen molar-refractivity contribution in [3.63, 3.8) is 0 Å². The van der Waals surface area contributed by atoms with E-state index in [9.17, 15) is 8.78 Å². The van der Waals surface area contributed by atoms with Gasteiger partial charge < -0.3 is 4.52 Å². The molecule has 0 fully saturated rings.